The van der Waals surface area contributed by atoms with Crippen LogP contribution in [0.15, 0.2) is 48.6 Å². The van der Waals surface area contributed by atoms with Gasteiger partial charge in [0.15, 0.2) is 0 Å². The summed E-state index contributed by atoms with van der Waals surface area (Å²) in [4.78, 5) is 0. The van der Waals surface area contributed by atoms with E-state index >= 15 is 0 Å². The van der Waals surface area contributed by atoms with Gasteiger partial charge in [0, 0.05) is 0 Å². The van der Waals surface area contributed by atoms with Crippen LogP contribution in [0.3, 0.4) is 0 Å². The molecule has 2 aliphatic rings. The molecule has 0 unspecified atom stereocenters. The molecule has 0 N–H and O–H groups in total. The van der Waals surface area contributed by atoms with Crippen LogP contribution in [-0.4, -0.2) is 0 Å². The van der Waals surface area contributed by atoms with Gasteiger partial charge >= 0.3 is 26.2 Å². The van der Waals surface area contributed by atoms with E-state index in [4.69, 9.17) is 0 Å². The van der Waals surface area contributed by atoms with E-state index in [0.29, 0.717) is 0 Å². The molecule has 0 bridgehead atoms. The molecule has 0 aromatic heterocycles. The summed E-state index contributed by atoms with van der Waals surface area (Å²) < 4.78 is 0. The molecule has 17 heavy (non-hydrogen) atoms. The largest absolute Gasteiger partial charge is 2.00 e. The Bertz CT molecular complexity index is 279. The van der Waals surface area contributed by atoms with E-state index in [1.165, 1.54) is 5.57 Å². The Morgan fingerprint density at radius 1 is 1.24 bits per heavy atom. The summed E-state index contributed by atoms with van der Waals surface area (Å²) in [5.74, 6) is 0. The van der Waals surface area contributed by atoms with Gasteiger partial charge in [-0.15, -0.1) is 44.2 Å². The molecule has 0 saturated heterocycles. The van der Waals surface area contributed by atoms with Gasteiger partial charge in [0.1, 0.15) is 0 Å². The standard InChI is InChI=1S/C9H11.C5H5.2ClH.Zr/c1-2-3-6-9-7-4-5-8-9;1-2-4-5-3-1;;;/h2,4,7H,1,3,5-6H2;1-3H,4H2;2*1H;/q2*-1;;;+2. The molecule has 0 fully saturated rings. The topological polar surface area (TPSA) is 0 Å². The monoisotopic (exact) mass is 346 g/mol. The minimum Gasteiger partial charge on any atom is -0.273 e. The van der Waals surface area contributed by atoms with Crippen molar-refractivity contribution in [3.05, 3.63) is 60.8 Å². The van der Waals surface area contributed by atoms with Gasteiger partial charge in [-0.3, -0.25) is 12.2 Å². The summed E-state index contributed by atoms with van der Waals surface area (Å²) in [6.45, 7) is 3.66. The van der Waals surface area contributed by atoms with E-state index in [0.717, 1.165) is 25.7 Å². The Morgan fingerprint density at radius 2 is 2.00 bits per heavy atom. The van der Waals surface area contributed by atoms with Gasteiger partial charge in [-0.05, 0) is 6.42 Å². The number of allylic oxidation sites excluding steroid dienone is 9. The summed E-state index contributed by atoms with van der Waals surface area (Å²) >= 11 is 0. The summed E-state index contributed by atoms with van der Waals surface area (Å²) in [6.07, 6.45) is 22.7. The quantitative estimate of drug-likeness (QED) is 0.508. The van der Waals surface area contributed by atoms with E-state index in [1.807, 2.05) is 18.2 Å². The Kier molecular flexibility index (Phi) is 21.3. The maximum Gasteiger partial charge on any atom is 2.00 e. The molecule has 3 heteroatoms. The van der Waals surface area contributed by atoms with Gasteiger partial charge in [-0.25, -0.2) is 23.8 Å². The molecule has 0 aromatic carbocycles. The van der Waals surface area contributed by atoms with Crippen LogP contribution in [0.5, 0.6) is 0 Å². The smallest absolute Gasteiger partial charge is 0.273 e. The fourth-order valence-corrected chi connectivity index (χ4v) is 1.22. The van der Waals surface area contributed by atoms with Crippen LogP contribution < -0.4 is 0 Å². The van der Waals surface area contributed by atoms with Crippen LogP contribution in [0.4, 0.5) is 0 Å². The number of rotatable bonds is 3. The Labute approximate surface area is 137 Å². The van der Waals surface area contributed by atoms with Crippen molar-refractivity contribution in [2.75, 3.05) is 0 Å². The molecule has 0 aromatic rings. The third-order valence-electron chi connectivity index (χ3n) is 1.97. The summed E-state index contributed by atoms with van der Waals surface area (Å²) in [6, 6.07) is 0. The first-order chi connectivity index (χ1) is 6.93. The average molecular weight is 348 g/mol. The van der Waals surface area contributed by atoms with Gasteiger partial charge in [-0.2, -0.15) is 12.2 Å². The molecule has 0 nitrogen and oxygen atoms in total. The Morgan fingerprint density at radius 3 is 2.35 bits per heavy atom. The minimum atomic E-state index is 0. The van der Waals surface area contributed by atoms with Crippen LogP contribution >= 0.6 is 24.8 Å². The predicted molar refractivity (Wildman–Crippen MR) is 76.0 cm³/mol. The van der Waals surface area contributed by atoms with E-state index < -0.39 is 0 Å². The van der Waals surface area contributed by atoms with Crippen molar-refractivity contribution in [3.8, 4) is 0 Å². The minimum absolute atomic E-state index is 0. The number of hydrogen-bond donors (Lipinski definition) is 0. The molecule has 0 saturated carbocycles. The zero-order valence-electron chi connectivity index (χ0n) is 9.82. The van der Waals surface area contributed by atoms with Gasteiger partial charge < -0.3 is 0 Å². The van der Waals surface area contributed by atoms with Crippen LogP contribution in [0.25, 0.3) is 0 Å². The van der Waals surface area contributed by atoms with Gasteiger partial charge in [0.05, 0.1) is 0 Å². The zero-order chi connectivity index (χ0) is 10.1. The molecule has 2 aliphatic carbocycles. The van der Waals surface area contributed by atoms with Crippen molar-refractivity contribution in [2.45, 2.75) is 25.7 Å². The zero-order valence-corrected chi connectivity index (χ0v) is 13.9. The molecule has 0 spiro atoms. The van der Waals surface area contributed by atoms with Crippen molar-refractivity contribution in [1.29, 1.82) is 0 Å². The molecule has 0 amide bonds. The molecule has 2 rings (SSSR count). The van der Waals surface area contributed by atoms with Crippen molar-refractivity contribution in [1.82, 2.24) is 0 Å². The molecular formula is C14H18Cl2Zr. The van der Waals surface area contributed by atoms with E-state index in [-0.39, 0.29) is 51.0 Å². The molecular weight excluding hydrogens is 330 g/mol. The van der Waals surface area contributed by atoms with E-state index in [1.54, 1.807) is 0 Å². The summed E-state index contributed by atoms with van der Waals surface area (Å²) in [5, 5.41) is 0. The Balaban J connectivity index is -0.000000216. The first kappa shape index (κ1) is 22.4. The van der Waals surface area contributed by atoms with Gasteiger partial charge in [0.2, 0.25) is 0 Å². The fourth-order valence-electron chi connectivity index (χ4n) is 1.22. The second kappa shape index (κ2) is 16.2. The first-order valence-electron chi connectivity index (χ1n) is 5.02. The molecule has 92 valence electrons. The van der Waals surface area contributed by atoms with Crippen LogP contribution in [-0.2, 0) is 26.2 Å². The maximum absolute atomic E-state index is 3.66. The molecule has 0 atom stereocenters. The molecule has 0 radical (unpaired) electrons. The third-order valence-corrected chi connectivity index (χ3v) is 1.97. The maximum atomic E-state index is 3.66. The molecule has 0 aliphatic heterocycles. The summed E-state index contributed by atoms with van der Waals surface area (Å²) in [5.41, 5.74) is 1.34. The first-order valence-corrected chi connectivity index (χ1v) is 5.02. The molecule has 0 heterocycles. The van der Waals surface area contributed by atoms with Crippen molar-refractivity contribution < 1.29 is 26.2 Å². The van der Waals surface area contributed by atoms with Gasteiger partial charge in [-0.1, -0.05) is 12.5 Å². The fraction of sp³-hybridized carbons (Fsp3) is 0.286. The number of hydrogen-bond acceptors (Lipinski definition) is 0. The van der Waals surface area contributed by atoms with Crippen LogP contribution in [0.2, 0.25) is 0 Å². The predicted octanol–water partition coefficient (Wildman–Crippen LogP) is 4.79. The van der Waals surface area contributed by atoms with Crippen molar-refractivity contribution >= 4 is 24.8 Å². The average Bonchev–Trinajstić information content (AvgIpc) is 2.90. The Hall–Kier alpha value is 0.163. The van der Waals surface area contributed by atoms with E-state index in [9.17, 15) is 0 Å². The van der Waals surface area contributed by atoms with Gasteiger partial charge in [0.25, 0.3) is 0 Å². The van der Waals surface area contributed by atoms with Crippen molar-refractivity contribution in [2.24, 2.45) is 0 Å². The third kappa shape index (κ3) is 12.4. The SMILES string of the molecule is C=CCCC1=[C-]CC=C1.Cl.Cl.[C-]1=CC=CC1.[Zr+2]. The van der Waals surface area contributed by atoms with Crippen LogP contribution in [0, 0.1) is 12.2 Å². The van der Waals surface area contributed by atoms with Crippen molar-refractivity contribution in [3.63, 3.8) is 0 Å². The summed E-state index contributed by atoms with van der Waals surface area (Å²) in [7, 11) is 0. The normalized spacial score (nSPS) is 13.5. The second-order valence-electron chi connectivity index (χ2n) is 3.14. The van der Waals surface area contributed by atoms with E-state index in [2.05, 4.69) is 37.0 Å². The second-order valence-corrected chi connectivity index (χ2v) is 3.14. The van der Waals surface area contributed by atoms with Crippen LogP contribution in [0.1, 0.15) is 25.7 Å². The number of halogens is 2.